The molecule has 0 aliphatic carbocycles. The Labute approximate surface area is 188 Å². The van der Waals surface area contributed by atoms with Gasteiger partial charge in [-0.3, -0.25) is 9.89 Å². The number of anilines is 1. The van der Waals surface area contributed by atoms with Crippen molar-refractivity contribution in [2.24, 2.45) is 0 Å². The van der Waals surface area contributed by atoms with Gasteiger partial charge in [0.15, 0.2) is 5.82 Å². The highest BCUT2D eigenvalue weighted by molar-refractivity contribution is 7.99. The van der Waals surface area contributed by atoms with E-state index in [-0.39, 0.29) is 22.2 Å². The summed E-state index contributed by atoms with van der Waals surface area (Å²) < 4.78 is 10.2. The van der Waals surface area contributed by atoms with Crippen LogP contribution in [0.5, 0.6) is 5.75 Å². The number of esters is 1. The van der Waals surface area contributed by atoms with Gasteiger partial charge in [-0.2, -0.15) is 0 Å². The summed E-state index contributed by atoms with van der Waals surface area (Å²) in [5.74, 6) is 0.648. The Hall–Kier alpha value is -3.04. The van der Waals surface area contributed by atoms with Gasteiger partial charge in [0, 0.05) is 11.3 Å². The van der Waals surface area contributed by atoms with Crippen molar-refractivity contribution in [2.45, 2.75) is 18.5 Å². The molecule has 8 nitrogen and oxygen atoms in total. The van der Waals surface area contributed by atoms with Crippen LogP contribution in [0.15, 0.2) is 47.6 Å². The number of hydrogen-bond acceptors (Lipinski definition) is 7. The topological polar surface area (TPSA) is 106 Å². The van der Waals surface area contributed by atoms with Gasteiger partial charge in [0.05, 0.1) is 30.1 Å². The summed E-state index contributed by atoms with van der Waals surface area (Å²) in [6.07, 6.45) is 0.707. The van der Waals surface area contributed by atoms with Crippen molar-refractivity contribution in [3.63, 3.8) is 0 Å². The molecule has 0 aliphatic heterocycles. The number of halogens is 1. The Morgan fingerprint density at radius 1 is 1.19 bits per heavy atom. The van der Waals surface area contributed by atoms with Crippen molar-refractivity contribution in [2.75, 3.05) is 24.8 Å². The summed E-state index contributed by atoms with van der Waals surface area (Å²) >= 11 is 7.26. The van der Waals surface area contributed by atoms with Crippen LogP contribution in [0.2, 0.25) is 5.02 Å². The van der Waals surface area contributed by atoms with Crippen molar-refractivity contribution in [1.82, 2.24) is 15.2 Å². The molecular weight excluding hydrogens is 440 g/mol. The minimum atomic E-state index is -0.524. The van der Waals surface area contributed by atoms with E-state index >= 15 is 0 Å². The van der Waals surface area contributed by atoms with Gasteiger partial charge >= 0.3 is 5.97 Å². The normalized spacial score (nSPS) is 10.5. The SMILES string of the molecule is CCCOC(=O)c1cc(NC(=O)CSc2n[nH]c(-c3ccc(OC)cc3)n2)ccc1Cl. The Balaban J connectivity index is 1.57. The number of rotatable bonds is 9. The Morgan fingerprint density at radius 3 is 2.68 bits per heavy atom. The van der Waals surface area contributed by atoms with Crippen LogP contribution in [0.25, 0.3) is 11.4 Å². The summed E-state index contributed by atoms with van der Waals surface area (Å²) in [5, 5.41) is 10.4. The lowest BCUT2D eigenvalue weighted by atomic mass is 10.2. The molecule has 2 N–H and O–H groups in total. The Bertz CT molecular complexity index is 1060. The van der Waals surface area contributed by atoms with E-state index in [4.69, 9.17) is 21.1 Å². The van der Waals surface area contributed by atoms with Crippen LogP contribution in [0, 0.1) is 0 Å². The molecule has 0 saturated carbocycles. The largest absolute Gasteiger partial charge is 0.497 e. The number of nitrogens with one attached hydrogen (secondary N) is 2. The number of amides is 1. The minimum Gasteiger partial charge on any atom is -0.497 e. The number of nitrogens with zero attached hydrogens (tertiary/aromatic N) is 2. The number of carbonyl (C=O) groups excluding carboxylic acids is 2. The van der Waals surface area contributed by atoms with Crippen molar-refractivity contribution < 1.29 is 19.1 Å². The first-order valence-electron chi connectivity index (χ1n) is 9.46. The minimum absolute atomic E-state index is 0.0954. The highest BCUT2D eigenvalue weighted by atomic mass is 35.5. The average molecular weight is 461 g/mol. The predicted octanol–water partition coefficient (Wildman–Crippen LogP) is 4.43. The van der Waals surface area contributed by atoms with Gasteiger partial charge in [0.25, 0.3) is 0 Å². The van der Waals surface area contributed by atoms with E-state index < -0.39 is 5.97 Å². The highest BCUT2D eigenvalue weighted by Gasteiger charge is 2.14. The van der Waals surface area contributed by atoms with Gasteiger partial charge in [-0.15, -0.1) is 5.10 Å². The van der Waals surface area contributed by atoms with Crippen LogP contribution in [-0.4, -0.2) is 46.5 Å². The van der Waals surface area contributed by atoms with Gasteiger partial charge in [-0.1, -0.05) is 30.3 Å². The van der Waals surface area contributed by atoms with E-state index in [9.17, 15) is 9.59 Å². The number of methoxy groups -OCH3 is 1. The molecule has 1 amide bonds. The molecule has 2 aromatic carbocycles. The lowest BCUT2D eigenvalue weighted by Crippen LogP contribution is -2.15. The second-order valence-electron chi connectivity index (χ2n) is 6.36. The first-order chi connectivity index (χ1) is 15.0. The number of thioether (sulfide) groups is 1. The molecular formula is C21H21ClN4O4S. The van der Waals surface area contributed by atoms with Gasteiger partial charge in [-0.05, 0) is 48.9 Å². The van der Waals surface area contributed by atoms with Crippen LogP contribution in [-0.2, 0) is 9.53 Å². The lowest BCUT2D eigenvalue weighted by Gasteiger charge is -2.09. The van der Waals surface area contributed by atoms with Crippen LogP contribution < -0.4 is 10.1 Å². The van der Waals surface area contributed by atoms with E-state index in [0.717, 1.165) is 11.3 Å². The second-order valence-corrected chi connectivity index (χ2v) is 7.71. The monoisotopic (exact) mass is 460 g/mol. The third-order valence-electron chi connectivity index (χ3n) is 4.07. The molecule has 0 fully saturated rings. The smallest absolute Gasteiger partial charge is 0.339 e. The van der Waals surface area contributed by atoms with Crippen LogP contribution in [0.4, 0.5) is 5.69 Å². The molecule has 10 heteroatoms. The number of aromatic amines is 1. The van der Waals surface area contributed by atoms with E-state index in [1.54, 1.807) is 19.2 Å². The molecule has 1 aromatic heterocycles. The third-order valence-corrected chi connectivity index (χ3v) is 5.24. The third kappa shape index (κ3) is 6.22. The molecule has 0 radical (unpaired) electrons. The van der Waals surface area contributed by atoms with Gasteiger partial charge < -0.3 is 14.8 Å². The zero-order valence-electron chi connectivity index (χ0n) is 17.0. The fraction of sp³-hybridized carbons (Fsp3) is 0.238. The summed E-state index contributed by atoms with van der Waals surface area (Å²) in [6, 6.07) is 12.1. The number of ether oxygens (including phenoxy) is 2. The van der Waals surface area contributed by atoms with E-state index in [1.165, 1.54) is 17.8 Å². The maximum atomic E-state index is 12.3. The molecule has 0 saturated heterocycles. The van der Waals surface area contributed by atoms with E-state index in [2.05, 4.69) is 20.5 Å². The summed E-state index contributed by atoms with van der Waals surface area (Å²) in [6.45, 7) is 2.20. The molecule has 0 atom stereocenters. The molecule has 0 bridgehead atoms. The predicted molar refractivity (Wildman–Crippen MR) is 120 cm³/mol. The van der Waals surface area contributed by atoms with Gasteiger partial charge in [0.2, 0.25) is 11.1 Å². The van der Waals surface area contributed by atoms with Crippen LogP contribution in [0.1, 0.15) is 23.7 Å². The fourth-order valence-corrected chi connectivity index (χ4v) is 3.34. The molecule has 1 heterocycles. The number of benzene rings is 2. The molecule has 162 valence electrons. The molecule has 0 aliphatic rings. The number of carbonyl (C=O) groups is 2. The zero-order valence-corrected chi connectivity index (χ0v) is 18.5. The van der Waals surface area contributed by atoms with Gasteiger partial charge in [0.1, 0.15) is 5.75 Å². The average Bonchev–Trinajstić information content (AvgIpc) is 3.26. The van der Waals surface area contributed by atoms with Crippen molar-refractivity contribution in [1.29, 1.82) is 0 Å². The zero-order chi connectivity index (χ0) is 22.2. The Morgan fingerprint density at radius 2 is 1.97 bits per heavy atom. The van der Waals surface area contributed by atoms with Crippen LogP contribution >= 0.6 is 23.4 Å². The van der Waals surface area contributed by atoms with Crippen molar-refractivity contribution in [3.05, 3.63) is 53.1 Å². The molecule has 3 aromatic rings. The molecule has 3 rings (SSSR count). The quantitative estimate of drug-likeness (QED) is 0.359. The molecule has 31 heavy (non-hydrogen) atoms. The van der Waals surface area contributed by atoms with Crippen molar-refractivity contribution >= 4 is 40.9 Å². The summed E-state index contributed by atoms with van der Waals surface area (Å²) in [5.41, 5.74) is 1.51. The summed E-state index contributed by atoms with van der Waals surface area (Å²) in [7, 11) is 1.60. The number of aromatic nitrogens is 3. The standard InChI is InChI=1S/C21H21ClN4O4S/c1-3-10-30-20(28)16-11-14(6-9-17(16)22)23-18(27)12-31-21-24-19(25-26-21)13-4-7-15(29-2)8-5-13/h4-9,11H,3,10,12H2,1-2H3,(H,23,27)(H,24,25,26). The maximum Gasteiger partial charge on any atom is 0.339 e. The van der Waals surface area contributed by atoms with Crippen LogP contribution in [0.3, 0.4) is 0 Å². The van der Waals surface area contributed by atoms with E-state index in [1.807, 2.05) is 31.2 Å². The molecule has 0 spiro atoms. The number of hydrogen-bond donors (Lipinski definition) is 2. The summed E-state index contributed by atoms with van der Waals surface area (Å²) in [4.78, 5) is 28.8. The first kappa shape index (κ1) is 22.6. The highest BCUT2D eigenvalue weighted by Crippen LogP contribution is 2.23. The second kappa shape index (κ2) is 10.8. The van der Waals surface area contributed by atoms with Crippen molar-refractivity contribution in [3.8, 4) is 17.1 Å². The maximum absolute atomic E-state index is 12.3. The fourth-order valence-electron chi connectivity index (χ4n) is 2.55. The van der Waals surface area contributed by atoms with E-state index in [0.29, 0.717) is 29.7 Å². The number of H-pyrrole nitrogens is 1. The molecule has 0 unspecified atom stereocenters. The lowest BCUT2D eigenvalue weighted by molar-refractivity contribution is -0.113. The Kier molecular flexibility index (Phi) is 7.91. The van der Waals surface area contributed by atoms with Gasteiger partial charge in [-0.25, -0.2) is 9.78 Å². The first-order valence-corrected chi connectivity index (χ1v) is 10.8.